The second-order valence-electron chi connectivity index (χ2n) is 4.73. The zero-order valence-corrected chi connectivity index (χ0v) is 12.8. The maximum Gasteiger partial charge on any atom is 0.266 e. The van der Waals surface area contributed by atoms with E-state index < -0.39 is 11.9 Å². The van der Waals surface area contributed by atoms with E-state index in [-0.39, 0.29) is 11.1 Å². The lowest BCUT2D eigenvalue weighted by Gasteiger charge is -2.09. The van der Waals surface area contributed by atoms with E-state index in [4.69, 9.17) is 4.74 Å². The predicted octanol–water partition coefficient (Wildman–Crippen LogP) is 1.60. The molecule has 24 heavy (non-hydrogen) atoms. The molecule has 0 saturated carbocycles. The molecule has 0 atom stereocenters. The van der Waals surface area contributed by atoms with Crippen molar-refractivity contribution in [3.8, 4) is 11.8 Å². The fourth-order valence-corrected chi connectivity index (χ4v) is 1.97. The molecule has 6 heteroatoms. The van der Waals surface area contributed by atoms with Gasteiger partial charge >= 0.3 is 0 Å². The lowest BCUT2D eigenvalue weighted by Crippen LogP contribution is -2.21. The van der Waals surface area contributed by atoms with Crippen LogP contribution < -0.4 is 15.2 Å². The molecule has 2 rings (SSSR count). The van der Waals surface area contributed by atoms with Gasteiger partial charge in [-0.05, 0) is 29.3 Å². The third kappa shape index (κ3) is 3.99. The van der Waals surface area contributed by atoms with Crippen LogP contribution in [0.15, 0.2) is 54.1 Å². The van der Waals surface area contributed by atoms with Crippen molar-refractivity contribution in [1.82, 2.24) is 0 Å². The fraction of sp³-hybridized carbons (Fsp3) is 0.0556. The van der Waals surface area contributed by atoms with Crippen LogP contribution in [0.5, 0.6) is 5.75 Å². The third-order valence-electron chi connectivity index (χ3n) is 3.18. The molecule has 0 bridgehead atoms. The van der Waals surface area contributed by atoms with Gasteiger partial charge in [0.1, 0.15) is 17.4 Å². The molecular weight excluding hydrogens is 308 g/mol. The van der Waals surface area contributed by atoms with Crippen LogP contribution in [-0.2, 0) is 4.79 Å². The highest BCUT2D eigenvalue weighted by Gasteiger charge is 2.12. The van der Waals surface area contributed by atoms with E-state index >= 15 is 0 Å². The maximum absolute atomic E-state index is 12.2. The monoisotopic (exact) mass is 321 g/mol. The molecule has 0 fully saturated rings. The Hall–Kier alpha value is -3.59. The smallest absolute Gasteiger partial charge is 0.266 e. The highest BCUT2D eigenvalue weighted by Crippen LogP contribution is 2.23. The summed E-state index contributed by atoms with van der Waals surface area (Å²) in [6, 6.07) is 14.3. The molecule has 0 spiro atoms. The van der Waals surface area contributed by atoms with Gasteiger partial charge in [0.05, 0.1) is 18.8 Å². The number of hydrogen-bond acceptors (Lipinski definition) is 5. The Morgan fingerprint density at radius 1 is 1.17 bits per heavy atom. The molecule has 120 valence electrons. The number of carbonyl (C=O) groups excluding carboxylic acids is 2. The molecule has 0 aromatic heterocycles. The molecule has 0 aliphatic rings. The zero-order valence-electron chi connectivity index (χ0n) is 12.8. The largest absolute Gasteiger partial charge is 0.545 e. The van der Waals surface area contributed by atoms with Gasteiger partial charge in [-0.1, -0.05) is 36.4 Å². The summed E-state index contributed by atoms with van der Waals surface area (Å²) in [5, 5.41) is 22.5. The Balaban J connectivity index is 2.22. The third-order valence-corrected chi connectivity index (χ3v) is 3.18. The minimum absolute atomic E-state index is 0.0177. The summed E-state index contributed by atoms with van der Waals surface area (Å²) >= 11 is 0. The highest BCUT2D eigenvalue weighted by molar-refractivity contribution is 6.10. The van der Waals surface area contributed by atoms with Crippen LogP contribution in [0, 0.1) is 11.3 Å². The van der Waals surface area contributed by atoms with Crippen LogP contribution in [0.3, 0.4) is 0 Å². The van der Waals surface area contributed by atoms with Crippen molar-refractivity contribution in [2.24, 2.45) is 0 Å². The SMILES string of the molecule is COc1ccccc1NC(=O)/C(C#N)=C/c1ccc(C(=O)[O-])cc1. The second kappa shape index (κ2) is 7.61. The van der Waals surface area contributed by atoms with Gasteiger partial charge in [0.25, 0.3) is 5.91 Å². The van der Waals surface area contributed by atoms with Gasteiger partial charge < -0.3 is 20.0 Å². The van der Waals surface area contributed by atoms with E-state index in [1.54, 1.807) is 24.3 Å². The number of carboxylic acids is 1. The number of hydrogen-bond donors (Lipinski definition) is 1. The van der Waals surface area contributed by atoms with Gasteiger partial charge in [-0.25, -0.2) is 0 Å². The number of nitriles is 1. The lowest BCUT2D eigenvalue weighted by atomic mass is 10.1. The molecule has 0 aliphatic heterocycles. The first-order valence-electron chi connectivity index (χ1n) is 6.92. The Labute approximate surface area is 138 Å². The van der Waals surface area contributed by atoms with E-state index in [2.05, 4.69) is 5.32 Å². The van der Waals surface area contributed by atoms with Crippen molar-refractivity contribution in [2.75, 3.05) is 12.4 Å². The number of carbonyl (C=O) groups is 2. The second-order valence-corrected chi connectivity index (χ2v) is 4.73. The predicted molar refractivity (Wildman–Crippen MR) is 86.0 cm³/mol. The lowest BCUT2D eigenvalue weighted by molar-refractivity contribution is -0.255. The van der Waals surface area contributed by atoms with E-state index in [0.29, 0.717) is 17.0 Å². The summed E-state index contributed by atoms with van der Waals surface area (Å²) in [6.07, 6.45) is 1.36. The van der Waals surface area contributed by atoms with Gasteiger partial charge in [0, 0.05) is 0 Å². The van der Waals surface area contributed by atoms with E-state index in [9.17, 15) is 20.0 Å². The molecule has 6 nitrogen and oxygen atoms in total. The molecule has 0 heterocycles. The van der Waals surface area contributed by atoms with Gasteiger partial charge in [-0.15, -0.1) is 0 Å². The first-order chi connectivity index (χ1) is 11.5. The number of para-hydroxylation sites is 2. The number of ether oxygens (including phenoxy) is 1. The normalized spacial score (nSPS) is 10.6. The van der Waals surface area contributed by atoms with Gasteiger partial charge in [-0.2, -0.15) is 5.26 Å². The number of benzene rings is 2. The number of anilines is 1. The highest BCUT2D eigenvalue weighted by atomic mass is 16.5. The van der Waals surface area contributed by atoms with Crippen molar-refractivity contribution in [3.63, 3.8) is 0 Å². The van der Waals surface area contributed by atoms with Gasteiger partial charge in [0.2, 0.25) is 0 Å². The van der Waals surface area contributed by atoms with Crippen molar-refractivity contribution in [2.45, 2.75) is 0 Å². The van der Waals surface area contributed by atoms with Crippen LogP contribution >= 0.6 is 0 Å². The minimum atomic E-state index is -1.29. The van der Waals surface area contributed by atoms with Crippen LogP contribution in [0.25, 0.3) is 6.08 Å². The molecule has 1 amide bonds. The molecular formula is C18H13N2O4-. The van der Waals surface area contributed by atoms with Crippen molar-refractivity contribution in [1.29, 1.82) is 5.26 Å². The Kier molecular flexibility index (Phi) is 5.32. The van der Waals surface area contributed by atoms with Crippen molar-refractivity contribution in [3.05, 3.63) is 65.2 Å². The number of aromatic carboxylic acids is 1. The average Bonchev–Trinajstić information content (AvgIpc) is 2.60. The number of carboxylic acid groups (broad SMARTS) is 1. The molecule has 0 aliphatic carbocycles. The molecule has 2 aromatic carbocycles. The van der Waals surface area contributed by atoms with Crippen LogP contribution in [0.4, 0.5) is 5.69 Å². The van der Waals surface area contributed by atoms with Crippen LogP contribution in [0.2, 0.25) is 0 Å². The first-order valence-corrected chi connectivity index (χ1v) is 6.92. The summed E-state index contributed by atoms with van der Waals surface area (Å²) in [5.74, 6) is -1.41. The van der Waals surface area contributed by atoms with E-state index in [1.807, 2.05) is 6.07 Å². The number of nitrogens with one attached hydrogen (secondary N) is 1. The first kappa shape index (κ1) is 16.8. The molecule has 1 N–H and O–H groups in total. The van der Waals surface area contributed by atoms with Crippen LogP contribution in [-0.4, -0.2) is 19.0 Å². The molecule has 0 saturated heterocycles. The van der Waals surface area contributed by atoms with E-state index in [0.717, 1.165) is 0 Å². The minimum Gasteiger partial charge on any atom is -0.545 e. The summed E-state index contributed by atoms with van der Waals surface area (Å²) in [7, 11) is 1.48. The molecule has 0 unspecified atom stereocenters. The average molecular weight is 321 g/mol. The maximum atomic E-state index is 12.2. The summed E-state index contributed by atoms with van der Waals surface area (Å²) in [6.45, 7) is 0. The quantitative estimate of drug-likeness (QED) is 0.665. The number of amides is 1. The Morgan fingerprint density at radius 3 is 2.42 bits per heavy atom. The van der Waals surface area contributed by atoms with Gasteiger partial charge in [0.15, 0.2) is 0 Å². The fourth-order valence-electron chi connectivity index (χ4n) is 1.97. The van der Waals surface area contributed by atoms with Crippen molar-refractivity contribution < 1.29 is 19.4 Å². The zero-order chi connectivity index (χ0) is 17.5. The van der Waals surface area contributed by atoms with E-state index in [1.165, 1.54) is 37.5 Å². The summed E-state index contributed by atoms with van der Waals surface area (Å²) in [4.78, 5) is 22.9. The van der Waals surface area contributed by atoms with Crippen LogP contribution in [0.1, 0.15) is 15.9 Å². The summed E-state index contributed by atoms with van der Waals surface area (Å²) in [5.41, 5.74) is 0.858. The topological polar surface area (TPSA) is 102 Å². The number of methoxy groups -OCH3 is 1. The Bertz CT molecular complexity index is 833. The molecule has 0 radical (unpaired) electrons. The number of rotatable bonds is 5. The molecule has 2 aromatic rings. The van der Waals surface area contributed by atoms with Crippen molar-refractivity contribution >= 4 is 23.6 Å². The Morgan fingerprint density at radius 2 is 1.83 bits per heavy atom. The summed E-state index contributed by atoms with van der Waals surface area (Å²) < 4.78 is 5.13. The standard InChI is InChI=1S/C18H14N2O4/c1-24-16-5-3-2-4-15(16)20-17(21)14(11-19)10-12-6-8-13(9-7-12)18(22)23/h2-10H,1H3,(H,20,21)(H,22,23)/p-1/b14-10+. The number of nitrogens with zero attached hydrogens (tertiary/aromatic N) is 1. The van der Waals surface area contributed by atoms with Gasteiger partial charge in [-0.3, -0.25) is 4.79 Å².